The van der Waals surface area contributed by atoms with Crippen molar-refractivity contribution in [3.05, 3.63) is 0 Å². The Kier molecular flexibility index (Phi) is 6.49. The number of hydrogen-bond donors (Lipinski definition) is 3. The van der Waals surface area contributed by atoms with E-state index in [4.69, 9.17) is 4.74 Å². The van der Waals surface area contributed by atoms with Crippen molar-refractivity contribution in [1.82, 2.24) is 21.3 Å². The van der Waals surface area contributed by atoms with Gasteiger partial charge in [-0.2, -0.15) is 5.53 Å². The van der Waals surface area contributed by atoms with Gasteiger partial charge in [-0.1, -0.05) is 25.7 Å². The lowest BCUT2D eigenvalue weighted by atomic mass is 9.61. The van der Waals surface area contributed by atoms with Crippen LogP contribution in [-0.2, 0) is 9.53 Å². The molecule has 3 rings (SSSR count). The standard InChI is InChI=1S/C18H34N4O2/c1-24-16-11-18(12-16)13-22(14-18)17(23)15-7-5-3-2-4-6-9-19-21-20-10-8-15/h15-16,19-21H,2-14H2,1H3. The van der Waals surface area contributed by atoms with Crippen molar-refractivity contribution in [2.24, 2.45) is 11.3 Å². The minimum atomic E-state index is 0.177. The monoisotopic (exact) mass is 338 g/mol. The zero-order valence-electron chi connectivity index (χ0n) is 15.1. The summed E-state index contributed by atoms with van der Waals surface area (Å²) < 4.78 is 5.39. The molecule has 0 radical (unpaired) electrons. The van der Waals surface area contributed by atoms with Crippen LogP contribution in [0.5, 0.6) is 0 Å². The maximum atomic E-state index is 12.9. The second-order valence-corrected chi connectivity index (χ2v) is 7.98. The van der Waals surface area contributed by atoms with Gasteiger partial charge in [-0.25, -0.2) is 10.9 Å². The van der Waals surface area contributed by atoms with E-state index in [1.54, 1.807) is 7.11 Å². The Balaban J connectivity index is 1.44. The van der Waals surface area contributed by atoms with Gasteiger partial charge in [0.25, 0.3) is 0 Å². The average Bonchev–Trinajstić information content (AvgIpc) is 2.53. The molecule has 0 aromatic rings. The van der Waals surface area contributed by atoms with Crippen LogP contribution in [0.3, 0.4) is 0 Å². The summed E-state index contributed by atoms with van der Waals surface area (Å²) in [6, 6.07) is 0. The summed E-state index contributed by atoms with van der Waals surface area (Å²) in [6.07, 6.45) is 10.8. The Hall–Kier alpha value is -0.690. The molecule has 3 aliphatic rings. The van der Waals surface area contributed by atoms with Gasteiger partial charge >= 0.3 is 0 Å². The molecule has 3 fully saturated rings. The fraction of sp³-hybridized carbons (Fsp3) is 0.944. The van der Waals surface area contributed by atoms with E-state index in [1.165, 1.54) is 32.1 Å². The highest BCUT2D eigenvalue weighted by Crippen LogP contribution is 2.49. The maximum Gasteiger partial charge on any atom is 0.225 e. The van der Waals surface area contributed by atoms with Gasteiger partial charge in [-0.3, -0.25) is 4.79 Å². The lowest BCUT2D eigenvalue weighted by molar-refractivity contribution is -0.170. The Morgan fingerprint density at radius 1 is 1.00 bits per heavy atom. The quantitative estimate of drug-likeness (QED) is 0.713. The van der Waals surface area contributed by atoms with Gasteiger partial charge in [0.05, 0.1) is 6.10 Å². The molecular weight excluding hydrogens is 304 g/mol. The summed E-state index contributed by atoms with van der Waals surface area (Å²) >= 11 is 0. The molecule has 6 heteroatoms. The van der Waals surface area contributed by atoms with Gasteiger partial charge in [0.15, 0.2) is 0 Å². The molecule has 1 unspecified atom stereocenters. The number of likely N-dealkylation sites (tertiary alicyclic amines) is 1. The second kappa shape index (κ2) is 8.61. The number of carbonyl (C=O) groups is 1. The first-order valence-corrected chi connectivity index (χ1v) is 9.75. The Morgan fingerprint density at radius 2 is 1.71 bits per heavy atom. The molecule has 3 N–H and O–H groups in total. The predicted octanol–water partition coefficient (Wildman–Crippen LogP) is 1.58. The molecule has 1 aliphatic carbocycles. The van der Waals surface area contributed by atoms with Crippen molar-refractivity contribution in [3.63, 3.8) is 0 Å². The van der Waals surface area contributed by atoms with Gasteiger partial charge < -0.3 is 9.64 Å². The van der Waals surface area contributed by atoms with E-state index in [0.717, 1.165) is 51.9 Å². The summed E-state index contributed by atoms with van der Waals surface area (Å²) in [5.74, 6) is 0.557. The number of nitrogens with one attached hydrogen (secondary N) is 3. The Labute approximate surface area is 146 Å². The first-order valence-electron chi connectivity index (χ1n) is 9.75. The van der Waals surface area contributed by atoms with Gasteiger partial charge in [-0.15, -0.1) is 0 Å². The zero-order chi connectivity index (χ0) is 16.8. The summed E-state index contributed by atoms with van der Waals surface area (Å²) in [4.78, 5) is 15.0. The van der Waals surface area contributed by atoms with Gasteiger partial charge in [0.2, 0.25) is 5.91 Å². The molecule has 1 saturated carbocycles. The highest BCUT2D eigenvalue weighted by atomic mass is 16.5. The van der Waals surface area contributed by atoms with Crippen LogP contribution in [0.1, 0.15) is 57.8 Å². The molecule has 2 saturated heterocycles. The summed E-state index contributed by atoms with van der Waals surface area (Å²) in [6.45, 7) is 3.73. The number of ether oxygens (including phenoxy) is 1. The van der Waals surface area contributed by atoms with Crippen LogP contribution < -0.4 is 16.4 Å². The molecule has 6 nitrogen and oxygen atoms in total. The summed E-state index contributed by atoms with van der Waals surface area (Å²) in [5.41, 5.74) is 9.80. The van der Waals surface area contributed by atoms with Crippen LogP contribution in [0.2, 0.25) is 0 Å². The van der Waals surface area contributed by atoms with Crippen LogP contribution in [0.25, 0.3) is 0 Å². The van der Waals surface area contributed by atoms with Crippen LogP contribution in [0.4, 0.5) is 0 Å². The highest BCUT2D eigenvalue weighted by Gasteiger charge is 2.54. The lowest BCUT2D eigenvalue weighted by Gasteiger charge is -2.59. The minimum absolute atomic E-state index is 0.177. The van der Waals surface area contributed by atoms with Gasteiger partial charge in [-0.05, 0) is 32.1 Å². The van der Waals surface area contributed by atoms with Crippen molar-refractivity contribution in [2.45, 2.75) is 63.9 Å². The summed E-state index contributed by atoms with van der Waals surface area (Å²) in [5, 5.41) is 0. The number of carbonyl (C=O) groups excluding carboxylic acids is 1. The number of hydrazine groups is 2. The first kappa shape index (κ1) is 18.1. The van der Waals surface area contributed by atoms with E-state index >= 15 is 0 Å². The van der Waals surface area contributed by atoms with E-state index in [2.05, 4.69) is 21.3 Å². The molecule has 2 aliphatic heterocycles. The van der Waals surface area contributed by atoms with Crippen molar-refractivity contribution in [3.8, 4) is 0 Å². The molecule has 1 spiro atoms. The zero-order valence-corrected chi connectivity index (χ0v) is 15.1. The van der Waals surface area contributed by atoms with Gasteiger partial charge in [0.1, 0.15) is 0 Å². The number of rotatable bonds is 2. The molecule has 0 bridgehead atoms. The highest BCUT2D eigenvalue weighted by molar-refractivity contribution is 5.80. The van der Waals surface area contributed by atoms with Crippen molar-refractivity contribution < 1.29 is 9.53 Å². The van der Waals surface area contributed by atoms with E-state index < -0.39 is 0 Å². The van der Waals surface area contributed by atoms with Crippen LogP contribution in [0.15, 0.2) is 0 Å². The Bertz CT molecular complexity index is 390. The second-order valence-electron chi connectivity index (χ2n) is 7.98. The fourth-order valence-electron chi connectivity index (χ4n) is 4.47. The van der Waals surface area contributed by atoms with Crippen molar-refractivity contribution in [1.29, 1.82) is 0 Å². The topological polar surface area (TPSA) is 65.6 Å². The number of methoxy groups -OCH3 is 1. The van der Waals surface area contributed by atoms with Crippen LogP contribution in [0, 0.1) is 11.3 Å². The van der Waals surface area contributed by atoms with E-state index in [0.29, 0.717) is 17.4 Å². The maximum absolute atomic E-state index is 12.9. The number of amides is 1. The first-order chi connectivity index (χ1) is 11.7. The molecular formula is C18H34N4O2. The number of nitrogens with zero attached hydrogens (tertiary/aromatic N) is 1. The smallest absolute Gasteiger partial charge is 0.225 e. The van der Waals surface area contributed by atoms with E-state index in [1.807, 2.05) is 0 Å². The lowest BCUT2D eigenvalue weighted by Crippen LogP contribution is -2.66. The molecule has 24 heavy (non-hydrogen) atoms. The fourth-order valence-corrected chi connectivity index (χ4v) is 4.47. The van der Waals surface area contributed by atoms with Crippen LogP contribution in [-0.4, -0.2) is 50.2 Å². The molecule has 1 amide bonds. The van der Waals surface area contributed by atoms with Crippen molar-refractivity contribution >= 4 is 5.91 Å². The van der Waals surface area contributed by atoms with E-state index in [-0.39, 0.29) is 5.92 Å². The third-order valence-corrected chi connectivity index (χ3v) is 6.02. The number of hydrogen-bond acceptors (Lipinski definition) is 5. The van der Waals surface area contributed by atoms with Gasteiger partial charge in [0, 0.05) is 44.6 Å². The van der Waals surface area contributed by atoms with E-state index in [9.17, 15) is 4.79 Å². The third kappa shape index (κ3) is 4.48. The molecule has 2 heterocycles. The molecule has 138 valence electrons. The average molecular weight is 338 g/mol. The third-order valence-electron chi connectivity index (χ3n) is 6.02. The predicted molar refractivity (Wildman–Crippen MR) is 94.0 cm³/mol. The minimum Gasteiger partial charge on any atom is -0.381 e. The molecule has 0 aromatic carbocycles. The molecule has 1 atom stereocenters. The van der Waals surface area contributed by atoms with Crippen molar-refractivity contribution in [2.75, 3.05) is 33.3 Å². The Morgan fingerprint density at radius 3 is 2.50 bits per heavy atom. The SMILES string of the molecule is COC1CC2(C1)CN(C(=O)C1CCCCCCCNNNCC1)C2. The normalized spacial score (nSPS) is 29.7. The largest absolute Gasteiger partial charge is 0.381 e. The summed E-state index contributed by atoms with van der Waals surface area (Å²) in [7, 11) is 1.79. The van der Waals surface area contributed by atoms with Crippen LogP contribution >= 0.6 is 0 Å². The molecule has 0 aromatic heterocycles.